The lowest BCUT2D eigenvalue weighted by Gasteiger charge is -2.14. The summed E-state index contributed by atoms with van der Waals surface area (Å²) in [6.07, 6.45) is 6.42. The molecule has 1 aromatic carbocycles. The maximum atomic E-state index is 13.4. The Kier molecular flexibility index (Phi) is 6.96. The number of unbranched alkanes of at least 4 members (excludes halogenated alkanes) is 3. The van der Waals surface area contributed by atoms with Gasteiger partial charge < -0.3 is 5.32 Å². The molecule has 1 rings (SSSR count). The van der Waals surface area contributed by atoms with Gasteiger partial charge in [-0.3, -0.25) is 0 Å². The number of hydrogen-bond acceptors (Lipinski definition) is 1. The summed E-state index contributed by atoms with van der Waals surface area (Å²) in [7, 11) is 0. The molecule has 102 valence electrons. The van der Waals surface area contributed by atoms with Crippen molar-refractivity contribution in [2.24, 2.45) is 0 Å². The van der Waals surface area contributed by atoms with E-state index in [2.05, 4.69) is 19.2 Å². The van der Waals surface area contributed by atoms with Crippen molar-refractivity contribution in [1.29, 1.82) is 0 Å². The van der Waals surface area contributed by atoms with Crippen LogP contribution in [0.4, 0.5) is 4.39 Å². The van der Waals surface area contributed by atoms with Crippen molar-refractivity contribution in [1.82, 2.24) is 5.32 Å². The van der Waals surface area contributed by atoms with Crippen molar-refractivity contribution in [3.63, 3.8) is 0 Å². The molecule has 1 nitrogen and oxygen atoms in total. The third-order valence-corrected chi connectivity index (χ3v) is 3.38. The molecule has 0 aromatic heterocycles. The first-order valence-electron chi connectivity index (χ1n) is 7.12. The Labute approximate surface area is 111 Å². The molecule has 0 bridgehead atoms. The maximum Gasteiger partial charge on any atom is 0.126 e. The highest BCUT2D eigenvalue weighted by atomic mass is 19.1. The van der Waals surface area contributed by atoms with Gasteiger partial charge in [-0.15, -0.1) is 0 Å². The van der Waals surface area contributed by atoms with E-state index in [1.807, 2.05) is 12.1 Å². The van der Waals surface area contributed by atoms with E-state index in [9.17, 15) is 4.39 Å². The molecule has 0 amide bonds. The number of aryl methyl sites for hydroxylation is 1. The van der Waals surface area contributed by atoms with Crippen molar-refractivity contribution in [3.8, 4) is 0 Å². The summed E-state index contributed by atoms with van der Waals surface area (Å²) in [5, 5.41) is 3.46. The van der Waals surface area contributed by atoms with Gasteiger partial charge in [-0.25, -0.2) is 4.39 Å². The average molecular weight is 251 g/mol. The van der Waals surface area contributed by atoms with Gasteiger partial charge in [0.15, 0.2) is 0 Å². The highest BCUT2D eigenvalue weighted by Gasteiger charge is 2.03. The monoisotopic (exact) mass is 251 g/mol. The fourth-order valence-electron chi connectivity index (χ4n) is 2.02. The highest BCUT2D eigenvalue weighted by molar-refractivity contribution is 5.23. The molecule has 0 radical (unpaired) electrons. The third-order valence-electron chi connectivity index (χ3n) is 3.38. The highest BCUT2D eigenvalue weighted by Crippen LogP contribution is 2.10. The van der Waals surface area contributed by atoms with Gasteiger partial charge in [-0.2, -0.15) is 0 Å². The minimum absolute atomic E-state index is 0.107. The number of benzene rings is 1. The van der Waals surface area contributed by atoms with Crippen LogP contribution in [0.25, 0.3) is 0 Å². The van der Waals surface area contributed by atoms with Gasteiger partial charge in [0.05, 0.1) is 0 Å². The summed E-state index contributed by atoms with van der Waals surface area (Å²) < 4.78 is 13.4. The first-order valence-corrected chi connectivity index (χ1v) is 7.12. The van der Waals surface area contributed by atoms with E-state index in [1.165, 1.54) is 32.1 Å². The summed E-state index contributed by atoms with van der Waals surface area (Å²) in [4.78, 5) is 0. The van der Waals surface area contributed by atoms with Crippen LogP contribution in [0.5, 0.6) is 0 Å². The molecule has 18 heavy (non-hydrogen) atoms. The second-order valence-corrected chi connectivity index (χ2v) is 5.21. The first kappa shape index (κ1) is 15.2. The van der Waals surface area contributed by atoms with E-state index in [1.54, 1.807) is 13.0 Å². The molecule has 0 aliphatic rings. The topological polar surface area (TPSA) is 12.0 Å². The zero-order valence-corrected chi connectivity index (χ0v) is 11.9. The lowest BCUT2D eigenvalue weighted by molar-refractivity contribution is 0.481. The van der Waals surface area contributed by atoms with Crippen LogP contribution in [0, 0.1) is 12.7 Å². The zero-order chi connectivity index (χ0) is 13.4. The van der Waals surface area contributed by atoms with Crippen LogP contribution in [0.15, 0.2) is 18.2 Å². The van der Waals surface area contributed by atoms with E-state index in [-0.39, 0.29) is 5.82 Å². The third kappa shape index (κ3) is 5.63. The first-order chi connectivity index (χ1) is 8.63. The molecule has 0 fully saturated rings. The van der Waals surface area contributed by atoms with Crippen molar-refractivity contribution in [3.05, 3.63) is 35.1 Å². The fraction of sp³-hybridized carbons (Fsp3) is 0.625. The second-order valence-electron chi connectivity index (χ2n) is 5.21. The Bertz CT molecular complexity index is 349. The molecule has 0 saturated carbocycles. The van der Waals surface area contributed by atoms with Gasteiger partial charge in [-0.05, 0) is 37.5 Å². The van der Waals surface area contributed by atoms with E-state index in [0.29, 0.717) is 11.6 Å². The Morgan fingerprint density at radius 1 is 1.22 bits per heavy atom. The summed E-state index contributed by atoms with van der Waals surface area (Å²) in [6, 6.07) is 5.98. The SMILES string of the molecule is CCCCCCC(C)NCc1ccc(C)c(F)c1. The van der Waals surface area contributed by atoms with Gasteiger partial charge >= 0.3 is 0 Å². The molecule has 2 heteroatoms. The van der Waals surface area contributed by atoms with Crippen molar-refractivity contribution >= 4 is 0 Å². The predicted molar refractivity (Wildman–Crippen MR) is 76.2 cm³/mol. The summed E-state index contributed by atoms with van der Waals surface area (Å²) in [6.45, 7) is 6.99. The fourth-order valence-corrected chi connectivity index (χ4v) is 2.02. The lowest BCUT2D eigenvalue weighted by Crippen LogP contribution is -2.25. The molecule has 0 heterocycles. The molecule has 1 unspecified atom stereocenters. The van der Waals surface area contributed by atoms with Crippen LogP contribution < -0.4 is 5.32 Å². The van der Waals surface area contributed by atoms with E-state index in [4.69, 9.17) is 0 Å². The molecule has 0 saturated heterocycles. The van der Waals surface area contributed by atoms with Crippen LogP contribution in [0.2, 0.25) is 0 Å². The minimum atomic E-state index is -0.107. The summed E-state index contributed by atoms with van der Waals surface area (Å²) >= 11 is 0. The molecule has 0 aliphatic heterocycles. The molecule has 1 N–H and O–H groups in total. The van der Waals surface area contributed by atoms with Crippen LogP contribution in [0.3, 0.4) is 0 Å². The van der Waals surface area contributed by atoms with Gasteiger partial charge in [0, 0.05) is 12.6 Å². The lowest BCUT2D eigenvalue weighted by atomic mass is 10.1. The number of halogens is 1. The Morgan fingerprint density at radius 2 is 2.00 bits per heavy atom. The van der Waals surface area contributed by atoms with Crippen molar-refractivity contribution in [2.75, 3.05) is 0 Å². The largest absolute Gasteiger partial charge is 0.310 e. The summed E-state index contributed by atoms with van der Waals surface area (Å²) in [5.41, 5.74) is 1.74. The Hall–Kier alpha value is -0.890. The van der Waals surface area contributed by atoms with E-state index >= 15 is 0 Å². The van der Waals surface area contributed by atoms with Crippen molar-refractivity contribution < 1.29 is 4.39 Å². The standard InChI is InChI=1S/C16H26FN/c1-4-5-6-7-8-14(3)18-12-15-10-9-13(2)16(17)11-15/h9-11,14,18H,4-8,12H2,1-3H3. The van der Waals surface area contributed by atoms with Crippen LogP contribution in [-0.2, 0) is 6.54 Å². The molecule has 1 aromatic rings. The minimum Gasteiger partial charge on any atom is -0.310 e. The quantitative estimate of drug-likeness (QED) is 0.667. The second kappa shape index (κ2) is 8.25. The Balaban J connectivity index is 2.24. The predicted octanol–water partition coefficient (Wildman–Crippen LogP) is 4.58. The van der Waals surface area contributed by atoms with Crippen LogP contribution >= 0.6 is 0 Å². The normalized spacial score (nSPS) is 12.7. The van der Waals surface area contributed by atoms with Gasteiger partial charge in [-0.1, -0.05) is 44.7 Å². The number of rotatable bonds is 8. The van der Waals surface area contributed by atoms with Crippen LogP contribution in [-0.4, -0.2) is 6.04 Å². The molecule has 0 spiro atoms. The average Bonchev–Trinajstić information content (AvgIpc) is 2.36. The number of hydrogen-bond donors (Lipinski definition) is 1. The smallest absolute Gasteiger partial charge is 0.126 e. The van der Waals surface area contributed by atoms with E-state index < -0.39 is 0 Å². The zero-order valence-electron chi connectivity index (χ0n) is 11.9. The molecule has 1 atom stereocenters. The van der Waals surface area contributed by atoms with Crippen molar-refractivity contribution in [2.45, 2.75) is 65.5 Å². The molecular weight excluding hydrogens is 225 g/mol. The van der Waals surface area contributed by atoms with Crippen LogP contribution in [0.1, 0.15) is 57.1 Å². The Morgan fingerprint density at radius 3 is 2.67 bits per heavy atom. The van der Waals surface area contributed by atoms with E-state index in [0.717, 1.165) is 12.1 Å². The summed E-state index contributed by atoms with van der Waals surface area (Å²) in [5.74, 6) is -0.107. The number of nitrogens with one attached hydrogen (secondary N) is 1. The molecule has 0 aliphatic carbocycles. The maximum absolute atomic E-state index is 13.4. The van der Waals surface area contributed by atoms with Gasteiger partial charge in [0.1, 0.15) is 5.82 Å². The van der Waals surface area contributed by atoms with Gasteiger partial charge in [0.25, 0.3) is 0 Å². The molecular formula is C16H26FN. The van der Waals surface area contributed by atoms with Gasteiger partial charge in [0.2, 0.25) is 0 Å².